The summed E-state index contributed by atoms with van der Waals surface area (Å²) in [5.74, 6) is -0.220. The lowest BCUT2D eigenvalue weighted by Crippen LogP contribution is -2.50. The smallest absolute Gasteiger partial charge is 0.276 e. The van der Waals surface area contributed by atoms with Gasteiger partial charge in [0.25, 0.3) is 11.8 Å². The van der Waals surface area contributed by atoms with E-state index in [-0.39, 0.29) is 23.3 Å². The Morgan fingerprint density at radius 3 is 2.14 bits per heavy atom. The molecule has 2 amide bonds. The Balaban J connectivity index is 1.68. The molecule has 0 radical (unpaired) electrons. The Kier molecular flexibility index (Phi) is 8.78. The molecular weight excluding hydrogens is 461 g/mol. The minimum atomic E-state index is -0.546. The van der Waals surface area contributed by atoms with Crippen molar-refractivity contribution in [3.63, 3.8) is 0 Å². The van der Waals surface area contributed by atoms with E-state index in [2.05, 4.69) is 16.2 Å². The van der Waals surface area contributed by atoms with Gasteiger partial charge in [0.2, 0.25) is 0 Å². The van der Waals surface area contributed by atoms with Gasteiger partial charge in [-0.3, -0.25) is 25.8 Å². The molecule has 2 aromatic rings. The third-order valence-corrected chi connectivity index (χ3v) is 4.29. The van der Waals surface area contributed by atoms with Crippen LogP contribution in [0, 0.1) is 6.92 Å². The number of nitrogens with one attached hydrogen (secondary N) is 3. The second kappa shape index (κ2) is 11.1. The Labute approximate surface area is 187 Å². The van der Waals surface area contributed by atoms with Crippen LogP contribution in [0.2, 0.25) is 15.1 Å². The highest BCUT2D eigenvalue weighted by atomic mass is 35.5. The van der Waals surface area contributed by atoms with Crippen LogP contribution in [0.15, 0.2) is 36.4 Å². The molecule has 2 rings (SSSR count). The summed E-state index contributed by atoms with van der Waals surface area (Å²) in [7, 11) is 0. The van der Waals surface area contributed by atoms with Crippen molar-refractivity contribution >= 4 is 63.9 Å². The molecule has 0 saturated carbocycles. The molecule has 0 aromatic heterocycles. The van der Waals surface area contributed by atoms with Crippen molar-refractivity contribution in [2.45, 2.75) is 6.92 Å². The van der Waals surface area contributed by atoms with Crippen LogP contribution in [0.25, 0.3) is 0 Å². The van der Waals surface area contributed by atoms with E-state index in [0.717, 1.165) is 5.56 Å². The minimum Gasteiger partial charge on any atom is -0.483 e. The van der Waals surface area contributed by atoms with Gasteiger partial charge in [-0.15, -0.1) is 0 Å². The number of thiocarbonyl (C=S) groups is 1. The molecule has 29 heavy (non-hydrogen) atoms. The zero-order valence-electron chi connectivity index (χ0n) is 15.1. The normalized spacial score (nSPS) is 10.1. The Hall–Kier alpha value is -2.26. The van der Waals surface area contributed by atoms with Gasteiger partial charge >= 0.3 is 0 Å². The van der Waals surface area contributed by atoms with Crippen LogP contribution in [0.5, 0.6) is 11.5 Å². The summed E-state index contributed by atoms with van der Waals surface area (Å²) >= 11 is 22.5. The highest BCUT2D eigenvalue weighted by Gasteiger charge is 2.10. The maximum Gasteiger partial charge on any atom is 0.276 e. The van der Waals surface area contributed by atoms with Crippen molar-refractivity contribution in [3.8, 4) is 11.5 Å². The summed E-state index contributed by atoms with van der Waals surface area (Å²) in [6, 6.07) is 9.65. The molecule has 0 saturated heterocycles. The second-order valence-electron chi connectivity index (χ2n) is 5.61. The Morgan fingerprint density at radius 1 is 0.897 bits per heavy atom. The first-order chi connectivity index (χ1) is 13.7. The molecule has 0 fully saturated rings. The fourth-order valence-corrected chi connectivity index (χ4v) is 2.86. The number of carbonyl (C=O) groups excluding carboxylic acids is 2. The minimum absolute atomic E-state index is 0.114. The fourth-order valence-electron chi connectivity index (χ4n) is 2.01. The molecule has 3 N–H and O–H groups in total. The van der Waals surface area contributed by atoms with E-state index in [1.54, 1.807) is 31.2 Å². The second-order valence-corrected chi connectivity index (χ2v) is 7.30. The van der Waals surface area contributed by atoms with Crippen LogP contribution < -0.4 is 25.6 Å². The number of carbonyl (C=O) groups is 2. The number of rotatable bonds is 6. The standard InChI is InChI=1S/C18H16Cl3N3O4S/c1-10-6-11(19)2-4-14(10)27-9-17(26)23-24-18(29)22-16(25)8-28-15-5-3-12(20)7-13(15)21/h2-7H,8-9H2,1H3,(H,23,26)(H2,22,24,25,29). The van der Waals surface area contributed by atoms with Crippen LogP contribution >= 0.6 is 47.0 Å². The molecular formula is C18H16Cl3N3O4S. The zero-order valence-corrected chi connectivity index (χ0v) is 18.1. The third-order valence-electron chi connectivity index (χ3n) is 3.32. The van der Waals surface area contributed by atoms with E-state index in [4.69, 9.17) is 56.5 Å². The number of ether oxygens (including phenoxy) is 2. The van der Waals surface area contributed by atoms with Crippen LogP contribution in [-0.2, 0) is 9.59 Å². The van der Waals surface area contributed by atoms with Gasteiger partial charge in [0.15, 0.2) is 18.3 Å². The third kappa shape index (κ3) is 7.94. The predicted octanol–water partition coefficient (Wildman–Crippen LogP) is 3.43. The Morgan fingerprint density at radius 2 is 1.48 bits per heavy atom. The molecule has 0 atom stereocenters. The molecule has 0 unspecified atom stereocenters. The van der Waals surface area contributed by atoms with Crippen LogP contribution in [0.4, 0.5) is 0 Å². The van der Waals surface area contributed by atoms with E-state index < -0.39 is 11.8 Å². The van der Waals surface area contributed by atoms with Gasteiger partial charge in [-0.05, 0) is 61.1 Å². The number of halogens is 3. The van der Waals surface area contributed by atoms with Crippen LogP contribution in [0.1, 0.15) is 5.56 Å². The quantitative estimate of drug-likeness (QED) is 0.437. The molecule has 0 aliphatic heterocycles. The first-order valence-electron chi connectivity index (χ1n) is 8.10. The van der Waals surface area contributed by atoms with E-state index in [1.807, 2.05) is 0 Å². The van der Waals surface area contributed by atoms with Gasteiger partial charge in [0.1, 0.15) is 11.5 Å². The van der Waals surface area contributed by atoms with Crippen molar-refractivity contribution in [2.24, 2.45) is 0 Å². The van der Waals surface area contributed by atoms with Crippen molar-refractivity contribution < 1.29 is 19.1 Å². The summed E-state index contributed by atoms with van der Waals surface area (Å²) in [5, 5.41) is 3.52. The number of amides is 2. The number of hydrazine groups is 1. The molecule has 0 aliphatic carbocycles. The highest BCUT2D eigenvalue weighted by molar-refractivity contribution is 7.80. The molecule has 0 aliphatic rings. The largest absolute Gasteiger partial charge is 0.483 e. The van der Waals surface area contributed by atoms with E-state index in [9.17, 15) is 9.59 Å². The lowest BCUT2D eigenvalue weighted by atomic mass is 10.2. The van der Waals surface area contributed by atoms with E-state index in [0.29, 0.717) is 21.5 Å². The van der Waals surface area contributed by atoms with Crippen molar-refractivity contribution in [2.75, 3.05) is 13.2 Å². The summed E-state index contributed by atoms with van der Waals surface area (Å²) in [6.07, 6.45) is 0. The summed E-state index contributed by atoms with van der Waals surface area (Å²) in [4.78, 5) is 23.7. The maximum absolute atomic E-state index is 11.8. The Bertz CT molecular complexity index is 927. The predicted molar refractivity (Wildman–Crippen MR) is 116 cm³/mol. The molecule has 0 heterocycles. The molecule has 11 heteroatoms. The lowest BCUT2D eigenvalue weighted by molar-refractivity contribution is -0.124. The van der Waals surface area contributed by atoms with Gasteiger partial charge in [0, 0.05) is 10.0 Å². The molecule has 7 nitrogen and oxygen atoms in total. The maximum atomic E-state index is 11.8. The van der Waals surface area contributed by atoms with Crippen LogP contribution in [-0.4, -0.2) is 30.1 Å². The topological polar surface area (TPSA) is 88.7 Å². The molecule has 0 bridgehead atoms. The van der Waals surface area contributed by atoms with Crippen molar-refractivity contribution in [3.05, 3.63) is 57.0 Å². The summed E-state index contributed by atoms with van der Waals surface area (Å²) in [5.41, 5.74) is 5.49. The average molecular weight is 477 g/mol. The highest BCUT2D eigenvalue weighted by Crippen LogP contribution is 2.27. The zero-order chi connectivity index (χ0) is 21.4. The number of aryl methyl sites for hydroxylation is 1. The van der Waals surface area contributed by atoms with E-state index in [1.165, 1.54) is 12.1 Å². The van der Waals surface area contributed by atoms with Gasteiger partial charge in [0.05, 0.1) is 5.02 Å². The SMILES string of the molecule is Cc1cc(Cl)ccc1OCC(=O)NNC(=S)NC(=O)COc1ccc(Cl)cc1Cl. The van der Waals surface area contributed by atoms with Crippen molar-refractivity contribution in [1.29, 1.82) is 0 Å². The van der Waals surface area contributed by atoms with E-state index >= 15 is 0 Å². The van der Waals surface area contributed by atoms with Gasteiger partial charge in [-0.1, -0.05) is 34.8 Å². The first kappa shape index (κ1) is 23.0. The van der Waals surface area contributed by atoms with Gasteiger partial charge < -0.3 is 9.47 Å². The van der Waals surface area contributed by atoms with Gasteiger partial charge in [-0.2, -0.15) is 0 Å². The molecule has 0 spiro atoms. The van der Waals surface area contributed by atoms with Crippen LogP contribution in [0.3, 0.4) is 0 Å². The fraction of sp³-hybridized carbons (Fsp3) is 0.167. The number of benzene rings is 2. The van der Waals surface area contributed by atoms with Crippen molar-refractivity contribution in [1.82, 2.24) is 16.2 Å². The lowest BCUT2D eigenvalue weighted by Gasteiger charge is -2.13. The number of hydrogen-bond acceptors (Lipinski definition) is 5. The molecule has 2 aromatic carbocycles. The summed E-state index contributed by atoms with van der Waals surface area (Å²) in [6.45, 7) is 1.21. The first-order valence-corrected chi connectivity index (χ1v) is 9.64. The average Bonchev–Trinajstić information content (AvgIpc) is 2.65. The number of hydrogen-bond donors (Lipinski definition) is 3. The monoisotopic (exact) mass is 475 g/mol. The summed E-state index contributed by atoms with van der Waals surface area (Å²) < 4.78 is 10.7. The van der Waals surface area contributed by atoms with Gasteiger partial charge in [-0.25, -0.2) is 0 Å². The molecule has 154 valence electrons.